The molecule has 0 bridgehead atoms. The molecule has 0 radical (unpaired) electrons. The lowest BCUT2D eigenvalue weighted by molar-refractivity contribution is -0.0855. The number of benzene rings is 1. The van der Waals surface area contributed by atoms with Crippen LogP contribution in [0.5, 0.6) is 0 Å². The van der Waals surface area contributed by atoms with Gasteiger partial charge in [0.15, 0.2) is 5.96 Å². The number of guanidine groups is 1. The highest BCUT2D eigenvalue weighted by atomic mass is 16.5. The van der Waals surface area contributed by atoms with Gasteiger partial charge >= 0.3 is 0 Å². The van der Waals surface area contributed by atoms with Gasteiger partial charge in [0.1, 0.15) is 0 Å². The SMILES string of the molecule is CN=C(NCCc1c[nH]c2ccccc12)NCC1(OC)CCOCC1. The number of methoxy groups -OCH3 is 1. The molecule has 25 heavy (non-hydrogen) atoms. The van der Waals surface area contributed by atoms with E-state index in [9.17, 15) is 0 Å². The lowest BCUT2D eigenvalue weighted by Gasteiger charge is -2.36. The maximum atomic E-state index is 5.76. The van der Waals surface area contributed by atoms with Gasteiger partial charge in [-0.15, -0.1) is 0 Å². The highest BCUT2D eigenvalue weighted by Gasteiger charge is 2.32. The summed E-state index contributed by atoms with van der Waals surface area (Å²) in [6.07, 6.45) is 4.84. The monoisotopic (exact) mass is 344 g/mol. The van der Waals surface area contributed by atoms with Crippen LogP contribution in [0.25, 0.3) is 10.9 Å². The maximum absolute atomic E-state index is 5.76. The Labute approximate surface area is 149 Å². The van der Waals surface area contributed by atoms with E-state index < -0.39 is 0 Å². The van der Waals surface area contributed by atoms with Crippen LogP contribution in [-0.2, 0) is 15.9 Å². The number of fused-ring (bicyclic) bond motifs is 1. The summed E-state index contributed by atoms with van der Waals surface area (Å²) in [5, 5.41) is 8.08. The third kappa shape index (κ3) is 4.32. The minimum absolute atomic E-state index is 0.160. The van der Waals surface area contributed by atoms with Gasteiger partial charge < -0.3 is 25.1 Å². The number of aromatic amines is 1. The van der Waals surface area contributed by atoms with Gasteiger partial charge in [0.25, 0.3) is 0 Å². The van der Waals surface area contributed by atoms with Crippen LogP contribution < -0.4 is 10.6 Å². The van der Waals surface area contributed by atoms with Crippen molar-refractivity contribution in [1.29, 1.82) is 0 Å². The highest BCUT2D eigenvalue weighted by molar-refractivity contribution is 5.83. The van der Waals surface area contributed by atoms with E-state index in [2.05, 4.69) is 51.1 Å². The smallest absolute Gasteiger partial charge is 0.191 e. The zero-order chi connectivity index (χ0) is 17.5. The summed E-state index contributed by atoms with van der Waals surface area (Å²) in [6, 6.07) is 8.38. The average Bonchev–Trinajstić information content (AvgIpc) is 3.08. The lowest BCUT2D eigenvalue weighted by atomic mass is 9.94. The maximum Gasteiger partial charge on any atom is 0.191 e. The Balaban J connectivity index is 1.49. The third-order valence-corrected chi connectivity index (χ3v) is 5.00. The van der Waals surface area contributed by atoms with Gasteiger partial charge in [0, 0.05) is 70.4 Å². The first-order chi connectivity index (χ1) is 12.3. The van der Waals surface area contributed by atoms with Crippen molar-refractivity contribution in [3.8, 4) is 0 Å². The van der Waals surface area contributed by atoms with Crippen LogP contribution in [0.1, 0.15) is 18.4 Å². The van der Waals surface area contributed by atoms with Crippen molar-refractivity contribution in [2.24, 2.45) is 4.99 Å². The molecule has 0 atom stereocenters. The van der Waals surface area contributed by atoms with Gasteiger partial charge in [0.05, 0.1) is 5.60 Å². The summed E-state index contributed by atoms with van der Waals surface area (Å²) in [5.41, 5.74) is 2.34. The van der Waals surface area contributed by atoms with Crippen molar-refractivity contribution in [3.05, 3.63) is 36.0 Å². The zero-order valence-corrected chi connectivity index (χ0v) is 15.1. The largest absolute Gasteiger partial charge is 0.381 e. The predicted molar refractivity (Wildman–Crippen MR) is 101 cm³/mol. The summed E-state index contributed by atoms with van der Waals surface area (Å²) in [4.78, 5) is 7.64. The van der Waals surface area contributed by atoms with Crippen LogP contribution in [0.4, 0.5) is 0 Å². The molecule has 0 spiro atoms. The number of nitrogens with one attached hydrogen (secondary N) is 3. The Bertz CT molecular complexity index is 704. The Kier molecular flexibility index (Phi) is 5.94. The van der Waals surface area contributed by atoms with Crippen molar-refractivity contribution >= 4 is 16.9 Å². The fourth-order valence-corrected chi connectivity index (χ4v) is 3.32. The number of para-hydroxylation sites is 1. The predicted octanol–water partition coefficient (Wildman–Crippen LogP) is 2.07. The van der Waals surface area contributed by atoms with Crippen molar-refractivity contribution in [2.75, 3.05) is 40.5 Å². The molecule has 0 amide bonds. The molecule has 0 unspecified atom stereocenters. The van der Waals surface area contributed by atoms with Gasteiger partial charge in [0.2, 0.25) is 0 Å². The van der Waals surface area contributed by atoms with Crippen LogP contribution >= 0.6 is 0 Å². The molecule has 1 fully saturated rings. The first-order valence-corrected chi connectivity index (χ1v) is 8.89. The van der Waals surface area contributed by atoms with Crippen molar-refractivity contribution in [1.82, 2.24) is 15.6 Å². The minimum Gasteiger partial charge on any atom is -0.381 e. The number of aliphatic imine (C=N–C) groups is 1. The normalized spacial score (nSPS) is 17.6. The molecule has 1 saturated heterocycles. The Morgan fingerprint density at radius 2 is 2.08 bits per heavy atom. The average molecular weight is 344 g/mol. The van der Waals surface area contributed by atoms with E-state index in [1.165, 1.54) is 16.5 Å². The summed E-state index contributed by atoms with van der Waals surface area (Å²) in [6.45, 7) is 3.06. The number of rotatable bonds is 6. The molecular formula is C19H28N4O2. The van der Waals surface area contributed by atoms with E-state index in [0.717, 1.165) is 51.5 Å². The van der Waals surface area contributed by atoms with Crippen molar-refractivity contribution in [2.45, 2.75) is 24.9 Å². The zero-order valence-electron chi connectivity index (χ0n) is 15.1. The first kappa shape index (κ1) is 17.8. The van der Waals surface area contributed by atoms with Gasteiger partial charge in [-0.1, -0.05) is 18.2 Å². The quantitative estimate of drug-likeness (QED) is 0.554. The second-order valence-corrected chi connectivity index (χ2v) is 6.46. The molecule has 0 saturated carbocycles. The number of hydrogen-bond donors (Lipinski definition) is 3. The van der Waals surface area contributed by atoms with Crippen molar-refractivity contribution in [3.63, 3.8) is 0 Å². The highest BCUT2D eigenvalue weighted by Crippen LogP contribution is 2.23. The number of nitrogens with zero attached hydrogens (tertiary/aromatic N) is 1. The van der Waals surface area contributed by atoms with Crippen molar-refractivity contribution < 1.29 is 9.47 Å². The number of aromatic nitrogens is 1. The van der Waals surface area contributed by atoms with E-state index in [4.69, 9.17) is 9.47 Å². The van der Waals surface area contributed by atoms with Gasteiger partial charge in [-0.2, -0.15) is 0 Å². The van der Waals surface area contributed by atoms with Gasteiger partial charge in [-0.25, -0.2) is 0 Å². The molecule has 1 aromatic carbocycles. The molecular weight excluding hydrogens is 316 g/mol. The topological polar surface area (TPSA) is 70.7 Å². The molecule has 6 nitrogen and oxygen atoms in total. The molecule has 2 heterocycles. The fourth-order valence-electron chi connectivity index (χ4n) is 3.32. The number of ether oxygens (including phenoxy) is 2. The van der Waals surface area contributed by atoms with Crippen LogP contribution in [0.3, 0.4) is 0 Å². The second-order valence-electron chi connectivity index (χ2n) is 6.46. The molecule has 0 aliphatic carbocycles. The summed E-state index contributed by atoms with van der Waals surface area (Å²) in [7, 11) is 3.57. The van der Waals surface area contributed by atoms with E-state index in [1.54, 1.807) is 14.2 Å². The number of H-pyrrole nitrogens is 1. The summed E-state index contributed by atoms with van der Waals surface area (Å²) < 4.78 is 11.2. The van der Waals surface area contributed by atoms with Crippen LogP contribution in [0, 0.1) is 0 Å². The van der Waals surface area contributed by atoms with E-state index >= 15 is 0 Å². The van der Waals surface area contributed by atoms with E-state index in [1.807, 2.05) is 0 Å². The van der Waals surface area contributed by atoms with Crippen LogP contribution in [0.2, 0.25) is 0 Å². The van der Waals surface area contributed by atoms with Gasteiger partial charge in [-0.3, -0.25) is 4.99 Å². The second kappa shape index (κ2) is 8.36. The first-order valence-electron chi connectivity index (χ1n) is 8.89. The molecule has 1 aliphatic heterocycles. The molecule has 2 aromatic rings. The molecule has 136 valence electrons. The third-order valence-electron chi connectivity index (χ3n) is 5.00. The number of hydrogen-bond acceptors (Lipinski definition) is 3. The molecule has 1 aromatic heterocycles. The molecule has 6 heteroatoms. The van der Waals surface area contributed by atoms with Crippen LogP contribution in [-0.4, -0.2) is 57.0 Å². The summed E-state index contributed by atoms with van der Waals surface area (Å²) >= 11 is 0. The molecule has 1 aliphatic rings. The summed E-state index contributed by atoms with van der Waals surface area (Å²) in [5.74, 6) is 0.808. The fraction of sp³-hybridized carbons (Fsp3) is 0.526. The molecule has 3 N–H and O–H groups in total. The van der Waals surface area contributed by atoms with Crippen LogP contribution in [0.15, 0.2) is 35.5 Å². The minimum atomic E-state index is -0.160. The molecule has 3 rings (SSSR count). The Morgan fingerprint density at radius 3 is 2.84 bits per heavy atom. The lowest BCUT2D eigenvalue weighted by Crippen LogP contribution is -2.51. The standard InChI is InChI=1S/C19H28N4O2/c1-20-18(23-14-19(24-2)8-11-25-12-9-19)21-10-7-15-13-22-17-6-4-3-5-16(15)17/h3-6,13,22H,7-12,14H2,1-2H3,(H2,20,21,23). The Morgan fingerprint density at radius 1 is 1.28 bits per heavy atom. The van der Waals surface area contributed by atoms with Gasteiger partial charge in [-0.05, 0) is 18.1 Å². The Hall–Kier alpha value is -2.05. The van der Waals surface area contributed by atoms with E-state index in [0.29, 0.717) is 0 Å². The van der Waals surface area contributed by atoms with E-state index in [-0.39, 0.29) is 5.60 Å².